The van der Waals surface area contributed by atoms with Gasteiger partial charge in [0.25, 0.3) is 0 Å². The molecule has 0 bridgehead atoms. The largest absolute Gasteiger partial charge is 0.345 e. The molecule has 1 saturated heterocycles. The van der Waals surface area contributed by atoms with Crippen molar-refractivity contribution in [1.29, 1.82) is 0 Å². The molecule has 1 aromatic carbocycles. The van der Waals surface area contributed by atoms with E-state index in [4.69, 9.17) is 0 Å². The highest BCUT2D eigenvalue weighted by Gasteiger charge is 2.29. The predicted octanol–water partition coefficient (Wildman–Crippen LogP) is 3.50. The molecule has 30 heavy (non-hydrogen) atoms. The van der Waals surface area contributed by atoms with Gasteiger partial charge >= 0.3 is 5.69 Å². The van der Waals surface area contributed by atoms with Crippen molar-refractivity contribution in [2.24, 2.45) is 13.0 Å². The normalized spacial score (nSPS) is 18.6. The average Bonchev–Trinajstić information content (AvgIpc) is 3.07. The van der Waals surface area contributed by atoms with Crippen LogP contribution in [-0.2, 0) is 24.8 Å². The number of likely N-dealkylation sites (tertiary alicyclic amines) is 1. The Morgan fingerprint density at radius 3 is 2.43 bits per heavy atom. The number of carbonyl (C=O) groups is 1. The van der Waals surface area contributed by atoms with E-state index in [9.17, 15) is 9.59 Å². The lowest BCUT2D eigenvalue weighted by Gasteiger charge is -2.33. The van der Waals surface area contributed by atoms with Crippen LogP contribution in [0, 0.1) is 5.92 Å². The zero-order valence-corrected chi connectivity index (χ0v) is 18.1. The number of carbonyl (C=O) groups excluding carboxylic acids is 1. The summed E-state index contributed by atoms with van der Waals surface area (Å²) in [5.74, 6) is 2.04. The molecule has 2 heterocycles. The van der Waals surface area contributed by atoms with Crippen LogP contribution >= 0.6 is 0 Å². The zero-order valence-electron chi connectivity index (χ0n) is 18.1. The molecule has 2 aliphatic rings. The van der Waals surface area contributed by atoms with E-state index in [1.54, 1.807) is 7.05 Å². The second-order valence-corrected chi connectivity index (χ2v) is 9.01. The van der Waals surface area contributed by atoms with Gasteiger partial charge in [0.2, 0.25) is 5.91 Å². The molecule has 4 rings (SSSR count). The highest BCUT2D eigenvalue weighted by molar-refractivity contribution is 5.76. The Kier molecular flexibility index (Phi) is 6.70. The Labute approximate surface area is 178 Å². The van der Waals surface area contributed by atoms with Gasteiger partial charge < -0.3 is 4.90 Å². The topological polar surface area (TPSA) is 60.1 Å². The molecule has 0 spiro atoms. The first-order chi connectivity index (χ1) is 14.6. The van der Waals surface area contributed by atoms with Crippen molar-refractivity contribution in [3.05, 3.63) is 52.2 Å². The predicted molar refractivity (Wildman–Crippen MR) is 117 cm³/mol. The van der Waals surface area contributed by atoms with Gasteiger partial charge in [0, 0.05) is 39.0 Å². The van der Waals surface area contributed by atoms with Crippen molar-refractivity contribution in [3.63, 3.8) is 0 Å². The van der Waals surface area contributed by atoms with Crippen molar-refractivity contribution in [1.82, 2.24) is 19.2 Å². The third-order valence-electron chi connectivity index (χ3n) is 6.90. The molecule has 1 aliphatic heterocycles. The van der Waals surface area contributed by atoms with Crippen LogP contribution in [0.2, 0.25) is 0 Å². The summed E-state index contributed by atoms with van der Waals surface area (Å²) in [5, 5.41) is 4.57. The number of aromatic nitrogens is 3. The van der Waals surface area contributed by atoms with E-state index in [1.165, 1.54) is 42.3 Å². The van der Waals surface area contributed by atoms with Gasteiger partial charge in [-0.05, 0) is 43.6 Å². The number of rotatable bonds is 6. The molecule has 162 valence electrons. The summed E-state index contributed by atoms with van der Waals surface area (Å²) < 4.78 is 3.30. The number of benzene rings is 1. The second kappa shape index (κ2) is 9.63. The number of piperidine rings is 1. The molecule has 1 aliphatic carbocycles. The Hall–Kier alpha value is -2.37. The van der Waals surface area contributed by atoms with E-state index in [1.807, 2.05) is 27.7 Å². The maximum atomic E-state index is 12.7. The van der Waals surface area contributed by atoms with Crippen molar-refractivity contribution in [2.75, 3.05) is 13.1 Å². The fraction of sp³-hybridized carbons (Fsp3) is 0.625. The first-order valence-corrected chi connectivity index (χ1v) is 11.6. The Balaban J connectivity index is 1.36. The van der Waals surface area contributed by atoms with Crippen molar-refractivity contribution in [2.45, 2.75) is 70.3 Å². The van der Waals surface area contributed by atoms with Gasteiger partial charge in [-0.15, -0.1) is 0 Å². The maximum absolute atomic E-state index is 12.7. The number of hydrogen-bond donors (Lipinski definition) is 0. The number of nitrogens with zero attached hydrogens (tertiary/aromatic N) is 4. The minimum absolute atomic E-state index is 0.0447. The van der Waals surface area contributed by atoms with Crippen LogP contribution in [0.15, 0.2) is 35.1 Å². The third kappa shape index (κ3) is 4.85. The van der Waals surface area contributed by atoms with E-state index >= 15 is 0 Å². The number of aryl methyl sites for hydroxylation is 2. The SMILES string of the molecule is Cn1nc(C2CCN(C(=O)CC3CCCCC3)CC2)n(CCc2ccccc2)c1=O. The molecule has 0 N–H and O–H groups in total. The van der Waals surface area contributed by atoms with Crippen molar-refractivity contribution >= 4 is 5.91 Å². The van der Waals surface area contributed by atoms with Crippen LogP contribution in [0.4, 0.5) is 0 Å². The van der Waals surface area contributed by atoms with Crippen LogP contribution in [0.3, 0.4) is 0 Å². The fourth-order valence-corrected chi connectivity index (χ4v) is 5.08. The average molecular weight is 411 g/mol. The van der Waals surface area contributed by atoms with Crippen LogP contribution in [-0.4, -0.2) is 38.2 Å². The van der Waals surface area contributed by atoms with E-state index in [-0.39, 0.29) is 11.6 Å². The smallest absolute Gasteiger partial charge is 0.343 e. The molecule has 6 heteroatoms. The van der Waals surface area contributed by atoms with Gasteiger partial charge in [0.05, 0.1) is 0 Å². The van der Waals surface area contributed by atoms with Crippen molar-refractivity contribution < 1.29 is 4.79 Å². The van der Waals surface area contributed by atoms with Crippen molar-refractivity contribution in [3.8, 4) is 0 Å². The van der Waals surface area contributed by atoms with Gasteiger partial charge in [-0.3, -0.25) is 9.36 Å². The fourth-order valence-electron chi connectivity index (χ4n) is 5.08. The molecular weight excluding hydrogens is 376 g/mol. The molecule has 0 radical (unpaired) electrons. The van der Waals surface area contributed by atoms with Gasteiger partial charge in [0.15, 0.2) is 0 Å². The quantitative estimate of drug-likeness (QED) is 0.732. The molecule has 2 aromatic rings. The number of hydrogen-bond acceptors (Lipinski definition) is 3. The highest BCUT2D eigenvalue weighted by Crippen LogP contribution is 2.30. The van der Waals surface area contributed by atoms with E-state index in [0.717, 1.165) is 44.6 Å². The lowest BCUT2D eigenvalue weighted by atomic mass is 9.86. The van der Waals surface area contributed by atoms with Crippen LogP contribution in [0.5, 0.6) is 0 Å². The molecule has 1 saturated carbocycles. The zero-order chi connectivity index (χ0) is 20.9. The molecule has 0 unspecified atom stereocenters. The summed E-state index contributed by atoms with van der Waals surface area (Å²) in [7, 11) is 1.73. The Morgan fingerprint density at radius 1 is 1.03 bits per heavy atom. The van der Waals surface area contributed by atoms with E-state index in [0.29, 0.717) is 18.4 Å². The minimum atomic E-state index is -0.0447. The molecule has 1 amide bonds. The summed E-state index contributed by atoms with van der Waals surface area (Å²) in [4.78, 5) is 27.4. The summed E-state index contributed by atoms with van der Waals surface area (Å²) in [6, 6.07) is 10.3. The second-order valence-electron chi connectivity index (χ2n) is 9.01. The summed E-state index contributed by atoms with van der Waals surface area (Å²) in [6.07, 6.45) is 9.62. The monoisotopic (exact) mass is 410 g/mol. The molecule has 0 atom stereocenters. The molecule has 2 fully saturated rings. The summed E-state index contributed by atoms with van der Waals surface area (Å²) in [6.45, 7) is 2.20. The Bertz CT molecular complexity index is 888. The lowest BCUT2D eigenvalue weighted by molar-refractivity contribution is -0.133. The standard InChI is InChI=1S/C24H34N4O2/c1-26-24(30)28(17-12-19-8-4-2-5-9-19)23(25-26)21-13-15-27(16-14-21)22(29)18-20-10-6-3-7-11-20/h2,4-5,8-9,20-21H,3,6-7,10-18H2,1H3. The van der Waals surface area contributed by atoms with Gasteiger partial charge in [0.1, 0.15) is 5.82 Å². The first-order valence-electron chi connectivity index (χ1n) is 11.6. The van der Waals surface area contributed by atoms with Crippen LogP contribution in [0.1, 0.15) is 68.7 Å². The lowest BCUT2D eigenvalue weighted by Crippen LogP contribution is -2.39. The minimum Gasteiger partial charge on any atom is -0.343 e. The van der Waals surface area contributed by atoms with Gasteiger partial charge in [-0.2, -0.15) is 5.10 Å². The summed E-state index contributed by atoms with van der Waals surface area (Å²) in [5.41, 5.74) is 1.18. The third-order valence-corrected chi connectivity index (χ3v) is 6.90. The number of amides is 1. The first kappa shape index (κ1) is 20.9. The van der Waals surface area contributed by atoms with Crippen LogP contribution in [0.25, 0.3) is 0 Å². The summed E-state index contributed by atoms with van der Waals surface area (Å²) >= 11 is 0. The van der Waals surface area contributed by atoms with E-state index in [2.05, 4.69) is 17.2 Å². The Morgan fingerprint density at radius 2 is 1.73 bits per heavy atom. The van der Waals surface area contributed by atoms with Gasteiger partial charge in [-0.25, -0.2) is 9.48 Å². The van der Waals surface area contributed by atoms with E-state index < -0.39 is 0 Å². The van der Waals surface area contributed by atoms with Gasteiger partial charge in [-0.1, -0.05) is 49.6 Å². The molecule has 6 nitrogen and oxygen atoms in total. The highest BCUT2D eigenvalue weighted by atomic mass is 16.2. The molecular formula is C24H34N4O2. The maximum Gasteiger partial charge on any atom is 0.345 e. The molecule has 1 aromatic heterocycles. The van der Waals surface area contributed by atoms with Crippen LogP contribution < -0.4 is 5.69 Å².